The Morgan fingerprint density at radius 3 is 2.86 bits per heavy atom. The standard InChI is InChI=1S/C16H25NO4/c1-12-5-6-13(21-12)14-11-17(9-10-20-14)8-7-16(2,3)15(18)19-4/h5-6,14H,7-11H2,1-4H3. The molecule has 1 fully saturated rings. The maximum absolute atomic E-state index is 11.7. The fourth-order valence-electron chi connectivity index (χ4n) is 2.52. The molecule has 1 aliphatic rings. The van der Waals surface area contributed by atoms with Crippen molar-refractivity contribution in [3.8, 4) is 0 Å². The molecule has 1 aromatic heterocycles. The minimum absolute atomic E-state index is 0.0197. The molecule has 1 atom stereocenters. The highest BCUT2D eigenvalue weighted by Crippen LogP contribution is 2.26. The molecule has 2 rings (SSSR count). The summed E-state index contributed by atoms with van der Waals surface area (Å²) < 4.78 is 16.3. The first-order chi connectivity index (χ1) is 9.92. The van der Waals surface area contributed by atoms with Gasteiger partial charge in [-0.15, -0.1) is 0 Å². The molecule has 5 heteroatoms. The van der Waals surface area contributed by atoms with Crippen LogP contribution in [0.5, 0.6) is 0 Å². The zero-order chi connectivity index (χ0) is 15.5. The van der Waals surface area contributed by atoms with Gasteiger partial charge in [0.15, 0.2) is 0 Å². The van der Waals surface area contributed by atoms with Gasteiger partial charge in [-0.2, -0.15) is 0 Å². The summed E-state index contributed by atoms with van der Waals surface area (Å²) in [6, 6.07) is 3.93. The van der Waals surface area contributed by atoms with E-state index < -0.39 is 5.41 Å². The molecule has 118 valence electrons. The number of methoxy groups -OCH3 is 1. The van der Waals surface area contributed by atoms with E-state index >= 15 is 0 Å². The number of furan rings is 1. The average molecular weight is 295 g/mol. The number of ether oxygens (including phenoxy) is 2. The van der Waals surface area contributed by atoms with Crippen LogP contribution in [0.1, 0.15) is 37.9 Å². The minimum atomic E-state index is -0.455. The molecule has 0 aromatic carbocycles. The molecular formula is C16H25NO4. The Hall–Kier alpha value is -1.33. The van der Waals surface area contributed by atoms with Gasteiger partial charge in [-0.1, -0.05) is 0 Å². The predicted octanol–water partition coefficient (Wildman–Crippen LogP) is 2.55. The highest BCUT2D eigenvalue weighted by molar-refractivity contribution is 5.75. The number of hydrogen-bond donors (Lipinski definition) is 0. The number of esters is 1. The molecule has 0 spiro atoms. The Labute approximate surface area is 126 Å². The van der Waals surface area contributed by atoms with Crippen LogP contribution in [-0.2, 0) is 14.3 Å². The molecule has 1 aliphatic heterocycles. The maximum Gasteiger partial charge on any atom is 0.311 e. The van der Waals surface area contributed by atoms with E-state index in [4.69, 9.17) is 13.9 Å². The van der Waals surface area contributed by atoms with E-state index in [1.165, 1.54) is 7.11 Å². The lowest BCUT2D eigenvalue weighted by Crippen LogP contribution is -2.41. The minimum Gasteiger partial charge on any atom is -0.469 e. The lowest BCUT2D eigenvalue weighted by Gasteiger charge is -2.33. The van der Waals surface area contributed by atoms with Crippen LogP contribution in [0.2, 0.25) is 0 Å². The molecule has 21 heavy (non-hydrogen) atoms. The molecule has 0 amide bonds. The van der Waals surface area contributed by atoms with Crippen molar-refractivity contribution in [2.75, 3.05) is 33.4 Å². The highest BCUT2D eigenvalue weighted by atomic mass is 16.5. The van der Waals surface area contributed by atoms with Crippen molar-refractivity contribution in [3.05, 3.63) is 23.7 Å². The topological polar surface area (TPSA) is 51.9 Å². The van der Waals surface area contributed by atoms with Crippen LogP contribution in [0.25, 0.3) is 0 Å². The Morgan fingerprint density at radius 2 is 2.24 bits per heavy atom. The summed E-state index contributed by atoms with van der Waals surface area (Å²) in [6.07, 6.45) is 0.748. The molecule has 1 unspecified atom stereocenters. The molecule has 0 radical (unpaired) electrons. The Balaban J connectivity index is 1.88. The zero-order valence-electron chi connectivity index (χ0n) is 13.3. The van der Waals surface area contributed by atoms with E-state index in [-0.39, 0.29) is 12.1 Å². The second-order valence-electron chi connectivity index (χ2n) is 6.23. The van der Waals surface area contributed by atoms with E-state index in [0.29, 0.717) is 6.61 Å². The molecule has 2 heterocycles. The number of nitrogens with zero attached hydrogens (tertiary/aromatic N) is 1. The van der Waals surface area contributed by atoms with Crippen molar-refractivity contribution < 1.29 is 18.7 Å². The SMILES string of the molecule is COC(=O)C(C)(C)CCN1CCOC(c2ccc(C)o2)C1. The van der Waals surface area contributed by atoms with Crippen molar-refractivity contribution in [2.24, 2.45) is 5.41 Å². The van der Waals surface area contributed by atoms with E-state index in [0.717, 1.165) is 37.6 Å². The van der Waals surface area contributed by atoms with Crippen LogP contribution in [0.3, 0.4) is 0 Å². The smallest absolute Gasteiger partial charge is 0.311 e. The Morgan fingerprint density at radius 1 is 1.48 bits per heavy atom. The van der Waals surface area contributed by atoms with Crippen LogP contribution in [0, 0.1) is 12.3 Å². The van der Waals surface area contributed by atoms with Gasteiger partial charge < -0.3 is 13.9 Å². The highest BCUT2D eigenvalue weighted by Gasteiger charge is 2.31. The van der Waals surface area contributed by atoms with E-state index in [1.807, 2.05) is 32.9 Å². The maximum atomic E-state index is 11.7. The van der Waals surface area contributed by atoms with Crippen molar-refractivity contribution in [3.63, 3.8) is 0 Å². The number of aryl methyl sites for hydroxylation is 1. The van der Waals surface area contributed by atoms with E-state index in [9.17, 15) is 4.79 Å². The summed E-state index contributed by atoms with van der Waals surface area (Å²) in [5, 5.41) is 0. The molecule has 5 nitrogen and oxygen atoms in total. The molecule has 0 saturated carbocycles. The fraction of sp³-hybridized carbons (Fsp3) is 0.688. The van der Waals surface area contributed by atoms with Crippen molar-refractivity contribution >= 4 is 5.97 Å². The number of carbonyl (C=O) groups is 1. The first-order valence-corrected chi connectivity index (χ1v) is 7.41. The first kappa shape index (κ1) is 16.0. The van der Waals surface area contributed by atoms with Gasteiger partial charge in [0.25, 0.3) is 0 Å². The van der Waals surface area contributed by atoms with Crippen LogP contribution in [-0.4, -0.2) is 44.2 Å². The number of hydrogen-bond acceptors (Lipinski definition) is 5. The summed E-state index contributed by atoms with van der Waals surface area (Å²) >= 11 is 0. The molecule has 0 N–H and O–H groups in total. The zero-order valence-corrected chi connectivity index (χ0v) is 13.3. The largest absolute Gasteiger partial charge is 0.469 e. The molecule has 1 saturated heterocycles. The molecule has 0 aliphatic carbocycles. The number of morpholine rings is 1. The van der Waals surface area contributed by atoms with Crippen LogP contribution in [0.4, 0.5) is 0 Å². The van der Waals surface area contributed by atoms with Gasteiger partial charge in [-0.25, -0.2) is 0 Å². The lowest BCUT2D eigenvalue weighted by atomic mass is 9.89. The second-order valence-corrected chi connectivity index (χ2v) is 6.23. The summed E-state index contributed by atoms with van der Waals surface area (Å²) in [7, 11) is 1.44. The summed E-state index contributed by atoms with van der Waals surface area (Å²) in [6.45, 7) is 8.99. The fourth-order valence-corrected chi connectivity index (χ4v) is 2.52. The average Bonchev–Trinajstić information content (AvgIpc) is 2.91. The lowest BCUT2D eigenvalue weighted by molar-refractivity contribution is -0.151. The van der Waals surface area contributed by atoms with Crippen LogP contribution >= 0.6 is 0 Å². The van der Waals surface area contributed by atoms with Crippen molar-refractivity contribution in [1.29, 1.82) is 0 Å². The third-order valence-corrected chi connectivity index (χ3v) is 4.02. The third-order valence-electron chi connectivity index (χ3n) is 4.02. The van der Waals surface area contributed by atoms with Crippen LogP contribution in [0.15, 0.2) is 16.5 Å². The van der Waals surface area contributed by atoms with Gasteiger partial charge in [-0.3, -0.25) is 9.69 Å². The van der Waals surface area contributed by atoms with Gasteiger partial charge in [0, 0.05) is 13.1 Å². The normalized spacial score (nSPS) is 20.5. The summed E-state index contributed by atoms with van der Waals surface area (Å²) in [5.41, 5.74) is -0.455. The monoisotopic (exact) mass is 295 g/mol. The molecular weight excluding hydrogens is 270 g/mol. The summed E-state index contributed by atoms with van der Waals surface area (Å²) in [5.74, 6) is 1.62. The van der Waals surface area contributed by atoms with Crippen LogP contribution < -0.4 is 0 Å². The quantitative estimate of drug-likeness (QED) is 0.781. The number of carbonyl (C=O) groups excluding carboxylic acids is 1. The molecule has 1 aromatic rings. The van der Waals surface area contributed by atoms with E-state index in [1.54, 1.807) is 0 Å². The third kappa shape index (κ3) is 4.08. The van der Waals surface area contributed by atoms with Gasteiger partial charge in [0.2, 0.25) is 0 Å². The Bertz CT molecular complexity index is 480. The predicted molar refractivity (Wildman–Crippen MR) is 79.0 cm³/mol. The summed E-state index contributed by atoms with van der Waals surface area (Å²) in [4.78, 5) is 14.0. The van der Waals surface area contributed by atoms with Gasteiger partial charge in [-0.05, 0) is 45.9 Å². The Kier molecular flexibility index (Phi) is 5.06. The van der Waals surface area contributed by atoms with Crippen molar-refractivity contribution in [2.45, 2.75) is 33.3 Å². The van der Waals surface area contributed by atoms with Crippen molar-refractivity contribution in [1.82, 2.24) is 4.90 Å². The van der Waals surface area contributed by atoms with Gasteiger partial charge in [0.05, 0.1) is 19.1 Å². The van der Waals surface area contributed by atoms with Gasteiger partial charge >= 0.3 is 5.97 Å². The van der Waals surface area contributed by atoms with Gasteiger partial charge in [0.1, 0.15) is 17.6 Å². The molecule has 0 bridgehead atoms. The first-order valence-electron chi connectivity index (χ1n) is 7.41. The second kappa shape index (κ2) is 6.62. The van der Waals surface area contributed by atoms with E-state index in [2.05, 4.69) is 4.90 Å². The number of rotatable bonds is 5.